The first-order valence-corrected chi connectivity index (χ1v) is 8.42. The molecule has 2 heterocycles. The maximum absolute atomic E-state index is 12.6. The summed E-state index contributed by atoms with van der Waals surface area (Å²) in [6.45, 7) is 4.95. The monoisotopic (exact) mass is 286 g/mol. The molecule has 0 radical (unpaired) electrons. The normalized spacial score (nSPS) is 22.4. The Morgan fingerprint density at radius 2 is 2.24 bits per heavy atom. The lowest BCUT2D eigenvalue weighted by Crippen LogP contribution is -2.42. The number of carbonyl (C=O) groups is 1. The summed E-state index contributed by atoms with van der Waals surface area (Å²) in [5.41, 5.74) is 3.40. The van der Waals surface area contributed by atoms with Gasteiger partial charge in [0, 0.05) is 23.8 Å². The van der Waals surface area contributed by atoms with E-state index in [-0.39, 0.29) is 5.78 Å². The van der Waals surface area contributed by atoms with E-state index in [1.807, 2.05) is 6.07 Å². The van der Waals surface area contributed by atoms with Crippen LogP contribution in [0, 0.1) is 0 Å². The number of carbonyl (C=O) groups excluding carboxylic acids is 1. The van der Waals surface area contributed by atoms with Crippen molar-refractivity contribution in [2.24, 2.45) is 0 Å². The molecule has 1 unspecified atom stereocenters. The van der Waals surface area contributed by atoms with Gasteiger partial charge in [0.05, 0.1) is 6.54 Å². The van der Waals surface area contributed by atoms with Crippen molar-refractivity contribution in [3.63, 3.8) is 0 Å². The highest BCUT2D eigenvalue weighted by atomic mass is 16.1. The second-order valence-corrected chi connectivity index (χ2v) is 6.35. The highest BCUT2D eigenvalue weighted by Crippen LogP contribution is 2.24. The number of anilines is 1. The molecule has 1 atom stereocenters. The summed E-state index contributed by atoms with van der Waals surface area (Å²) in [6.07, 6.45) is 7.20. The zero-order valence-electron chi connectivity index (χ0n) is 13.0. The molecule has 1 saturated heterocycles. The minimum Gasteiger partial charge on any atom is -0.385 e. The fraction of sp³-hybridized carbons (Fsp3) is 0.611. The predicted molar refractivity (Wildman–Crippen MR) is 87.1 cm³/mol. The third-order valence-electron chi connectivity index (χ3n) is 4.93. The van der Waals surface area contributed by atoms with Gasteiger partial charge in [-0.2, -0.15) is 0 Å². The molecule has 3 heteroatoms. The molecular formula is C18H26N2O. The molecule has 1 aromatic rings. The van der Waals surface area contributed by atoms with E-state index < -0.39 is 0 Å². The Hall–Kier alpha value is -1.35. The first-order chi connectivity index (χ1) is 10.3. The van der Waals surface area contributed by atoms with Crippen LogP contribution in [0.2, 0.25) is 0 Å². The number of rotatable bonds is 4. The Morgan fingerprint density at radius 3 is 3.10 bits per heavy atom. The lowest BCUT2D eigenvalue weighted by atomic mass is 9.97. The molecule has 0 spiro atoms. The van der Waals surface area contributed by atoms with Crippen LogP contribution >= 0.6 is 0 Å². The summed E-state index contributed by atoms with van der Waals surface area (Å²) in [5.74, 6) is 0.281. The molecule has 1 N–H and O–H groups in total. The van der Waals surface area contributed by atoms with E-state index in [0.717, 1.165) is 37.9 Å². The fourth-order valence-corrected chi connectivity index (χ4v) is 3.65. The van der Waals surface area contributed by atoms with Crippen molar-refractivity contribution >= 4 is 11.5 Å². The number of benzene rings is 1. The number of aryl methyl sites for hydroxylation is 1. The maximum atomic E-state index is 12.6. The summed E-state index contributed by atoms with van der Waals surface area (Å²) in [6, 6.07) is 6.77. The minimum absolute atomic E-state index is 0.281. The highest BCUT2D eigenvalue weighted by molar-refractivity contribution is 5.98. The van der Waals surface area contributed by atoms with Crippen LogP contribution in [-0.2, 0) is 6.42 Å². The van der Waals surface area contributed by atoms with Gasteiger partial charge < -0.3 is 5.32 Å². The Balaban J connectivity index is 1.70. The molecule has 0 saturated carbocycles. The topological polar surface area (TPSA) is 32.3 Å². The van der Waals surface area contributed by atoms with Gasteiger partial charge in [-0.3, -0.25) is 9.69 Å². The Morgan fingerprint density at radius 1 is 1.33 bits per heavy atom. The third-order valence-corrected chi connectivity index (χ3v) is 4.93. The number of fused-ring (bicyclic) bond motifs is 1. The molecule has 3 rings (SSSR count). The van der Waals surface area contributed by atoms with Gasteiger partial charge in [0.1, 0.15) is 0 Å². The van der Waals surface area contributed by atoms with Crippen LogP contribution in [0.4, 0.5) is 5.69 Å². The van der Waals surface area contributed by atoms with Gasteiger partial charge in [-0.1, -0.05) is 13.3 Å². The van der Waals surface area contributed by atoms with Crippen LogP contribution in [0.5, 0.6) is 0 Å². The van der Waals surface area contributed by atoms with E-state index in [4.69, 9.17) is 0 Å². The van der Waals surface area contributed by atoms with Crippen molar-refractivity contribution in [2.45, 2.75) is 51.5 Å². The lowest BCUT2D eigenvalue weighted by molar-refractivity contribution is 0.0838. The van der Waals surface area contributed by atoms with Gasteiger partial charge in [-0.05, 0) is 62.4 Å². The van der Waals surface area contributed by atoms with Crippen molar-refractivity contribution in [3.05, 3.63) is 29.3 Å². The van der Waals surface area contributed by atoms with Crippen LogP contribution in [0.3, 0.4) is 0 Å². The van der Waals surface area contributed by atoms with Gasteiger partial charge in [0.25, 0.3) is 0 Å². The average molecular weight is 286 g/mol. The van der Waals surface area contributed by atoms with Crippen molar-refractivity contribution in [1.29, 1.82) is 0 Å². The maximum Gasteiger partial charge on any atom is 0.176 e. The molecule has 1 aromatic carbocycles. The third kappa shape index (κ3) is 3.29. The Bertz CT molecular complexity index is 512. The molecular weight excluding hydrogens is 260 g/mol. The summed E-state index contributed by atoms with van der Waals surface area (Å²) in [5, 5.41) is 3.40. The molecule has 0 aliphatic carbocycles. The van der Waals surface area contributed by atoms with Crippen LogP contribution in [0.25, 0.3) is 0 Å². The summed E-state index contributed by atoms with van der Waals surface area (Å²) in [7, 11) is 0. The number of piperidine rings is 1. The molecule has 2 aliphatic rings. The van der Waals surface area contributed by atoms with Gasteiger partial charge >= 0.3 is 0 Å². The molecule has 3 nitrogen and oxygen atoms in total. The van der Waals surface area contributed by atoms with E-state index >= 15 is 0 Å². The Labute approximate surface area is 127 Å². The van der Waals surface area contributed by atoms with Crippen molar-refractivity contribution in [1.82, 2.24) is 4.90 Å². The number of Topliss-reactive ketones (excluding diaryl/α,β-unsaturated/α-hetero) is 1. The zero-order chi connectivity index (χ0) is 14.7. The summed E-state index contributed by atoms with van der Waals surface area (Å²) in [4.78, 5) is 15.0. The minimum atomic E-state index is 0.281. The molecule has 0 aromatic heterocycles. The van der Waals surface area contributed by atoms with E-state index in [0.29, 0.717) is 12.6 Å². The Kier molecular flexibility index (Phi) is 4.59. The summed E-state index contributed by atoms with van der Waals surface area (Å²) < 4.78 is 0. The molecule has 1 fully saturated rings. The van der Waals surface area contributed by atoms with Crippen LogP contribution in [0.15, 0.2) is 18.2 Å². The second kappa shape index (κ2) is 6.61. The molecule has 114 valence electrons. The first-order valence-electron chi connectivity index (χ1n) is 8.42. The number of hydrogen-bond acceptors (Lipinski definition) is 3. The number of nitrogens with zero attached hydrogens (tertiary/aromatic N) is 1. The summed E-state index contributed by atoms with van der Waals surface area (Å²) >= 11 is 0. The number of ketones is 1. The SMILES string of the molecule is CCC1CCCCN1CC(=O)c1ccc2c(c1)CCCN2. The van der Waals surface area contributed by atoms with E-state index in [2.05, 4.69) is 29.3 Å². The van der Waals surface area contributed by atoms with Gasteiger partial charge in [0.15, 0.2) is 5.78 Å². The van der Waals surface area contributed by atoms with Crippen molar-refractivity contribution in [2.75, 3.05) is 25.0 Å². The predicted octanol–water partition coefficient (Wildman–Crippen LogP) is 3.49. The van der Waals surface area contributed by atoms with Crippen molar-refractivity contribution in [3.8, 4) is 0 Å². The van der Waals surface area contributed by atoms with Gasteiger partial charge in [-0.15, -0.1) is 0 Å². The standard InChI is InChI=1S/C18H26N2O/c1-2-16-7-3-4-11-20(16)13-18(21)15-8-9-17-14(12-15)6-5-10-19-17/h8-9,12,16,19H,2-7,10-11,13H2,1H3. The highest BCUT2D eigenvalue weighted by Gasteiger charge is 2.23. The van der Waals surface area contributed by atoms with Gasteiger partial charge in [0.2, 0.25) is 0 Å². The largest absolute Gasteiger partial charge is 0.385 e. The zero-order valence-corrected chi connectivity index (χ0v) is 13.0. The number of hydrogen-bond donors (Lipinski definition) is 1. The molecule has 0 bridgehead atoms. The van der Waals surface area contributed by atoms with Crippen LogP contribution in [0.1, 0.15) is 54.9 Å². The van der Waals surface area contributed by atoms with Crippen molar-refractivity contribution < 1.29 is 4.79 Å². The molecule has 0 amide bonds. The number of nitrogens with one attached hydrogen (secondary N) is 1. The average Bonchev–Trinajstić information content (AvgIpc) is 2.55. The fourth-order valence-electron chi connectivity index (χ4n) is 3.65. The smallest absolute Gasteiger partial charge is 0.176 e. The van der Waals surface area contributed by atoms with Crippen LogP contribution < -0.4 is 5.32 Å². The first kappa shape index (κ1) is 14.6. The second-order valence-electron chi connectivity index (χ2n) is 6.35. The van der Waals surface area contributed by atoms with E-state index in [1.165, 1.54) is 30.5 Å². The van der Waals surface area contributed by atoms with Gasteiger partial charge in [-0.25, -0.2) is 0 Å². The lowest BCUT2D eigenvalue weighted by Gasteiger charge is -2.34. The quantitative estimate of drug-likeness (QED) is 0.860. The van der Waals surface area contributed by atoms with E-state index in [9.17, 15) is 4.79 Å². The molecule has 21 heavy (non-hydrogen) atoms. The number of likely N-dealkylation sites (tertiary alicyclic amines) is 1. The van der Waals surface area contributed by atoms with Crippen LogP contribution in [-0.4, -0.2) is 36.4 Å². The van der Waals surface area contributed by atoms with E-state index in [1.54, 1.807) is 0 Å². The molecule has 2 aliphatic heterocycles.